The summed E-state index contributed by atoms with van der Waals surface area (Å²) < 4.78 is 4.19. The van der Waals surface area contributed by atoms with E-state index in [1.54, 1.807) is 0 Å². The molecular formula is C15H22O10. The number of aliphatic carboxylic acids is 3. The number of hydrogen-bond donors (Lipinski definition) is 3. The second-order valence-corrected chi connectivity index (χ2v) is 4.84. The van der Waals surface area contributed by atoms with E-state index >= 15 is 0 Å². The zero-order valence-electron chi connectivity index (χ0n) is 13.9. The van der Waals surface area contributed by atoms with E-state index in [1.807, 2.05) is 0 Å². The molecule has 25 heavy (non-hydrogen) atoms. The number of Topliss-reactive ketones (excluding diaryl/α,β-unsaturated/α-hetero) is 2. The molecule has 0 unspecified atom stereocenters. The highest BCUT2D eigenvalue weighted by Crippen LogP contribution is 2.01. The number of esters is 1. The zero-order chi connectivity index (χ0) is 19.8. The van der Waals surface area contributed by atoms with Crippen molar-refractivity contribution in [3.8, 4) is 0 Å². The second-order valence-electron chi connectivity index (χ2n) is 4.84. The van der Waals surface area contributed by atoms with Gasteiger partial charge in [-0.25, -0.2) is 9.59 Å². The van der Waals surface area contributed by atoms with Crippen molar-refractivity contribution in [3.63, 3.8) is 0 Å². The lowest BCUT2D eigenvalue weighted by Crippen LogP contribution is -2.15. The van der Waals surface area contributed by atoms with E-state index < -0.39 is 35.4 Å². The van der Waals surface area contributed by atoms with Gasteiger partial charge in [-0.1, -0.05) is 0 Å². The van der Waals surface area contributed by atoms with Crippen molar-refractivity contribution in [1.82, 2.24) is 0 Å². The van der Waals surface area contributed by atoms with E-state index in [1.165, 1.54) is 0 Å². The van der Waals surface area contributed by atoms with Crippen LogP contribution in [0.25, 0.3) is 0 Å². The normalized spacial score (nSPS) is 9.32. The molecule has 0 aliphatic rings. The number of methoxy groups -OCH3 is 1. The lowest BCUT2D eigenvalue weighted by atomic mass is 10.1. The Bertz CT molecular complexity index is 495. The van der Waals surface area contributed by atoms with Crippen LogP contribution in [0.1, 0.15) is 51.4 Å². The first-order chi connectivity index (χ1) is 11.6. The Labute approximate surface area is 143 Å². The molecule has 0 saturated carbocycles. The first-order valence-corrected chi connectivity index (χ1v) is 7.42. The van der Waals surface area contributed by atoms with Gasteiger partial charge in [0, 0.05) is 25.7 Å². The second kappa shape index (κ2) is 14.8. The molecule has 3 N–H and O–H groups in total. The maximum absolute atomic E-state index is 10.8. The fourth-order valence-electron chi connectivity index (χ4n) is 1.45. The van der Waals surface area contributed by atoms with Gasteiger partial charge in [-0.05, 0) is 25.7 Å². The van der Waals surface area contributed by atoms with Crippen molar-refractivity contribution in [3.05, 3.63) is 0 Å². The van der Waals surface area contributed by atoms with Crippen molar-refractivity contribution in [2.75, 3.05) is 7.11 Å². The van der Waals surface area contributed by atoms with Crippen LogP contribution >= 0.6 is 0 Å². The molecule has 0 atom stereocenters. The van der Waals surface area contributed by atoms with Crippen LogP contribution < -0.4 is 0 Å². The van der Waals surface area contributed by atoms with Crippen molar-refractivity contribution in [1.29, 1.82) is 0 Å². The lowest BCUT2D eigenvalue weighted by Gasteiger charge is -1.97. The molecule has 0 saturated heterocycles. The van der Waals surface area contributed by atoms with Crippen molar-refractivity contribution < 1.29 is 48.8 Å². The Morgan fingerprint density at radius 1 is 0.640 bits per heavy atom. The molecule has 0 aliphatic heterocycles. The van der Waals surface area contributed by atoms with Gasteiger partial charge in [0.25, 0.3) is 0 Å². The summed E-state index contributed by atoms with van der Waals surface area (Å²) in [6.07, 6.45) is 1.44. The van der Waals surface area contributed by atoms with Gasteiger partial charge in [-0.2, -0.15) is 0 Å². The molecule has 0 rings (SSSR count). The summed E-state index contributed by atoms with van der Waals surface area (Å²) in [5.41, 5.74) is 0. The highest BCUT2D eigenvalue weighted by molar-refractivity contribution is 6.33. The number of rotatable bonds is 12. The smallest absolute Gasteiger partial charge is 0.374 e. The largest absolute Gasteiger partial charge is 0.481 e. The Morgan fingerprint density at radius 3 is 1.32 bits per heavy atom. The van der Waals surface area contributed by atoms with E-state index in [0.29, 0.717) is 25.7 Å². The minimum absolute atomic E-state index is 0.0209. The molecule has 0 spiro atoms. The van der Waals surface area contributed by atoms with Gasteiger partial charge in [-0.3, -0.25) is 19.2 Å². The first kappa shape index (κ1) is 24.5. The number of hydrogen-bond acceptors (Lipinski definition) is 7. The number of unbranched alkanes of at least 4 members (excludes halogenated alkanes) is 2. The number of carbonyl (C=O) groups excluding carboxylic acids is 3. The van der Waals surface area contributed by atoms with Gasteiger partial charge in [0.1, 0.15) is 0 Å². The molecule has 0 amide bonds. The van der Waals surface area contributed by atoms with Gasteiger partial charge in [0.05, 0.1) is 7.11 Å². The van der Waals surface area contributed by atoms with E-state index in [-0.39, 0.29) is 25.7 Å². The predicted octanol–water partition coefficient (Wildman–Crippen LogP) is 0.659. The van der Waals surface area contributed by atoms with Crippen LogP contribution in [-0.4, -0.2) is 57.9 Å². The third-order valence-electron chi connectivity index (χ3n) is 2.74. The van der Waals surface area contributed by atoms with E-state index in [4.69, 9.17) is 15.3 Å². The molecule has 10 nitrogen and oxygen atoms in total. The predicted molar refractivity (Wildman–Crippen MR) is 81.9 cm³/mol. The number of carboxylic acids is 3. The molecule has 0 aromatic heterocycles. The van der Waals surface area contributed by atoms with E-state index in [2.05, 4.69) is 4.74 Å². The Hall–Kier alpha value is -2.78. The van der Waals surface area contributed by atoms with Gasteiger partial charge in [0.2, 0.25) is 11.6 Å². The molecule has 0 heterocycles. The molecule has 0 fully saturated rings. The SMILES string of the molecule is COC(=O)C(=O)CCCCC(=O)O.O=C(O)CCCCC(=O)C(=O)O. The first-order valence-electron chi connectivity index (χ1n) is 7.42. The number of ketones is 2. The van der Waals surface area contributed by atoms with E-state index in [9.17, 15) is 28.8 Å². The molecular weight excluding hydrogens is 340 g/mol. The van der Waals surface area contributed by atoms with Crippen molar-refractivity contribution in [2.45, 2.75) is 51.4 Å². The molecule has 0 aromatic rings. The molecule has 0 aliphatic carbocycles. The van der Waals surface area contributed by atoms with Crippen LogP contribution in [0.15, 0.2) is 0 Å². The summed E-state index contributed by atoms with van der Waals surface area (Å²) in [5.74, 6) is -5.61. The highest BCUT2D eigenvalue weighted by atomic mass is 16.5. The average Bonchev–Trinajstić information content (AvgIpc) is 2.54. The number of ether oxygens (including phenoxy) is 1. The molecule has 142 valence electrons. The fraction of sp³-hybridized carbons (Fsp3) is 0.600. The molecule has 0 radical (unpaired) electrons. The Morgan fingerprint density at radius 2 is 1.00 bits per heavy atom. The summed E-state index contributed by atoms with van der Waals surface area (Å²) in [5, 5.41) is 24.6. The standard InChI is InChI=1S/C8H12O5.C7H10O5/c1-13-8(12)6(9)4-2-3-5-7(10)11;8-5(7(11)12)3-1-2-4-6(9)10/h2-5H2,1H3,(H,10,11);1-4H2,(H,9,10)(H,11,12). The summed E-state index contributed by atoms with van der Waals surface area (Å²) in [4.78, 5) is 61.8. The summed E-state index contributed by atoms with van der Waals surface area (Å²) in [6.45, 7) is 0. The third-order valence-corrected chi connectivity index (χ3v) is 2.74. The van der Waals surface area contributed by atoms with Gasteiger partial charge in [0.15, 0.2) is 0 Å². The number of carbonyl (C=O) groups is 6. The molecule has 10 heteroatoms. The van der Waals surface area contributed by atoms with Crippen LogP contribution in [0.2, 0.25) is 0 Å². The Balaban J connectivity index is 0. The average molecular weight is 362 g/mol. The lowest BCUT2D eigenvalue weighted by molar-refractivity contribution is -0.151. The summed E-state index contributed by atoms with van der Waals surface area (Å²) in [6, 6.07) is 0. The minimum atomic E-state index is -1.45. The molecule has 0 aromatic carbocycles. The van der Waals surface area contributed by atoms with Crippen LogP contribution in [0.5, 0.6) is 0 Å². The zero-order valence-corrected chi connectivity index (χ0v) is 13.9. The number of carboxylic acid groups (broad SMARTS) is 3. The third kappa shape index (κ3) is 17.4. The van der Waals surface area contributed by atoms with Crippen LogP contribution in [0, 0.1) is 0 Å². The van der Waals surface area contributed by atoms with Crippen molar-refractivity contribution >= 4 is 35.4 Å². The minimum Gasteiger partial charge on any atom is -0.481 e. The molecule has 0 bridgehead atoms. The topological polar surface area (TPSA) is 172 Å². The Kier molecular flexibility index (Phi) is 14.5. The van der Waals surface area contributed by atoms with E-state index in [0.717, 1.165) is 7.11 Å². The summed E-state index contributed by atoms with van der Waals surface area (Å²) >= 11 is 0. The van der Waals surface area contributed by atoms with Gasteiger partial charge in [-0.15, -0.1) is 0 Å². The maximum atomic E-state index is 10.8. The monoisotopic (exact) mass is 362 g/mol. The fourth-order valence-corrected chi connectivity index (χ4v) is 1.45. The maximum Gasteiger partial charge on any atom is 0.374 e. The van der Waals surface area contributed by atoms with Crippen LogP contribution in [0.3, 0.4) is 0 Å². The van der Waals surface area contributed by atoms with Gasteiger partial charge >= 0.3 is 23.9 Å². The quantitative estimate of drug-likeness (QED) is 0.254. The van der Waals surface area contributed by atoms with Gasteiger partial charge < -0.3 is 20.1 Å². The summed E-state index contributed by atoms with van der Waals surface area (Å²) in [7, 11) is 1.14. The van der Waals surface area contributed by atoms with Crippen LogP contribution in [0.4, 0.5) is 0 Å². The highest BCUT2D eigenvalue weighted by Gasteiger charge is 2.12. The van der Waals surface area contributed by atoms with Crippen molar-refractivity contribution in [2.24, 2.45) is 0 Å². The van der Waals surface area contributed by atoms with Crippen LogP contribution in [-0.2, 0) is 33.5 Å².